The molecular formula is C17H25N5O4. The predicted octanol–water partition coefficient (Wildman–Crippen LogP) is -0.366. The minimum Gasteiger partial charge on any atom is -0.480 e. The highest BCUT2D eigenvalue weighted by Crippen LogP contribution is 2.02. The van der Waals surface area contributed by atoms with Gasteiger partial charge in [0.2, 0.25) is 5.91 Å². The molecule has 0 aliphatic carbocycles. The molecule has 0 saturated heterocycles. The van der Waals surface area contributed by atoms with Crippen molar-refractivity contribution in [1.82, 2.24) is 15.5 Å². The molecule has 0 radical (unpaired) electrons. The Hall–Kier alpha value is -2.94. The molecule has 9 nitrogen and oxygen atoms in total. The minimum atomic E-state index is -1.14. The van der Waals surface area contributed by atoms with E-state index >= 15 is 0 Å². The van der Waals surface area contributed by atoms with E-state index in [1.54, 1.807) is 31.3 Å². The minimum absolute atomic E-state index is 0.0533. The van der Waals surface area contributed by atoms with E-state index in [1.807, 2.05) is 6.07 Å². The van der Waals surface area contributed by atoms with E-state index in [4.69, 9.17) is 11.1 Å². The molecule has 0 aliphatic rings. The Bertz CT molecular complexity index is 635. The summed E-state index contributed by atoms with van der Waals surface area (Å²) in [7, 11) is 1.62. The van der Waals surface area contributed by atoms with E-state index in [2.05, 4.69) is 10.6 Å². The second-order valence-electron chi connectivity index (χ2n) is 5.90. The molecule has 1 aromatic rings. The van der Waals surface area contributed by atoms with Crippen molar-refractivity contribution in [3.63, 3.8) is 0 Å². The van der Waals surface area contributed by atoms with E-state index in [0.29, 0.717) is 18.5 Å². The number of carboxylic acid groups (broad SMARTS) is 1. The van der Waals surface area contributed by atoms with Crippen LogP contribution in [0.4, 0.5) is 0 Å². The van der Waals surface area contributed by atoms with Gasteiger partial charge in [0.25, 0.3) is 0 Å². The van der Waals surface area contributed by atoms with Gasteiger partial charge in [-0.15, -0.1) is 0 Å². The molecular weight excluding hydrogens is 338 g/mol. The zero-order valence-corrected chi connectivity index (χ0v) is 14.7. The lowest BCUT2D eigenvalue weighted by atomic mass is 10.1. The molecule has 1 amide bonds. The summed E-state index contributed by atoms with van der Waals surface area (Å²) in [5.41, 5.74) is 5.70. The van der Waals surface area contributed by atoms with Crippen LogP contribution in [0.5, 0.6) is 0 Å². The molecule has 1 atom stereocenters. The first-order valence-electron chi connectivity index (χ1n) is 8.16. The summed E-state index contributed by atoms with van der Waals surface area (Å²) in [6, 6.07) is 7.70. The highest BCUT2D eigenvalue weighted by atomic mass is 16.4. The van der Waals surface area contributed by atoms with Crippen LogP contribution in [0.3, 0.4) is 0 Å². The smallest absolute Gasteiger partial charge is 0.326 e. The lowest BCUT2D eigenvalue weighted by Crippen LogP contribution is -2.46. The van der Waals surface area contributed by atoms with Gasteiger partial charge in [-0.05, 0) is 19.9 Å². The topological polar surface area (TPSA) is 149 Å². The second kappa shape index (κ2) is 10.8. The third kappa shape index (κ3) is 8.25. The second-order valence-corrected chi connectivity index (χ2v) is 5.90. The van der Waals surface area contributed by atoms with Gasteiger partial charge in [-0.3, -0.25) is 19.9 Å². The van der Waals surface area contributed by atoms with E-state index in [0.717, 1.165) is 0 Å². The maximum atomic E-state index is 12.1. The summed E-state index contributed by atoms with van der Waals surface area (Å²) in [6.07, 6.45) is 0.632. The van der Waals surface area contributed by atoms with Crippen LogP contribution in [0.25, 0.3) is 0 Å². The standard InChI is InChI=1S/C17H25N5O4/c1-22(10-14(23)12-6-3-2-4-7-12)11-15(24)21-13(16(25)26)8-5-9-20-17(18)19/h2-4,6-7,13H,5,8-11H2,1H3,(H,21,24)(H,25,26)(H4,18,19,20)/t13-/m0/s1. The van der Waals surface area contributed by atoms with Crippen molar-refractivity contribution in [3.8, 4) is 0 Å². The molecule has 142 valence electrons. The average Bonchev–Trinajstić information content (AvgIpc) is 2.57. The normalized spacial score (nSPS) is 11.6. The van der Waals surface area contributed by atoms with Crippen molar-refractivity contribution in [1.29, 1.82) is 5.41 Å². The lowest BCUT2D eigenvalue weighted by molar-refractivity contribution is -0.142. The molecule has 0 unspecified atom stereocenters. The van der Waals surface area contributed by atoms with Crippen LogP contribution in [-0.4, -0.2) is 66.3 Å². The molecule has 0 bridgehead atoms. The lowest BCUT2D eigenvalue weighted by Gasteiger charge is -2.19. The predicted molar refractivity (Wildman–Crippen MR) is 97.0 cm³/mol. The monoisotopic (exact) mass is 363 g/mol. The van der Waals surface area contributed by atoms with Crippen molar-refractivity contribution in [2.45, 2.75) is 18.9 Å². The molecule has 9 heteroatoms. The highest BCUT2D eigenvalue weighted by molar-refractivity contribution is 5.97. The van der Waals surface area contributed by atoms with Crippen LogP contribution >= 0.6 is 0 Å². The van der Waals surface area contributed by atoms with Gasteiger partial charge in [0.15, 0.2) is 11.7 Å². The quantitative estimate of drug-likeness (QED) is 0.156. The van der Waals surface area contributed by atoms with Gasteiger partial charge in [-0.2, -0.15) is 0 Å². The Kier molecular flexibility index (Phi) is 8.79. The van der Waals surface area contributed by atoms with Crippen LogP contribution in [0.15, 0.2) is 30.3 Å². The van der Waals surface area contributed by atoms with Crippen molar-refractivity contribution >= 4 is 23.6 Å². The SMILES string of the molecule is CN(CC(=O)N[C@@H](CCCNC(=N)N)C(=O)O)CC(=O)c1ccccc1. The molecule has 0 aromatic heterocycles. The molecule has 0 fully saturated rings. The number of Topliss-reactive ketones (excluding diaryl/α,β-unsaturated/α-hetero) is 1. The van der Waals surface area contributed by atoms with Crippen molar-refractivity contribution < 1.29 is 19.5 Å². The Morgan fingerprint density at radius 3 is 2.46 bits per heavy atom. The number of amides is 1. The van der Waals surface area contributed by atoms with Gasteiger partial charge >= 0.3 is 5.97 Å². The third-order valence-corrected chi connectivity index (χ3v) is 3.54. The number of nitrogens with two attached hydrogens (primary N) is 1. The number of nitrogens with zero attached hydrogens (tertiary/aromatic N) is 1. The van der Waals surface area contributed by atoms with Crippen LogP contribution in [-0.2, 0) is 9.59 Å². The summed E-state index contributed by atoms with van der Waals surface area (Å²) in [4.78, 5) is 36.9. The zero-order valence-electron chi connectivity index (χ0n) is 14.7. The Balaban J connectivity index is 2.42. The van der Waals surface area contributed by atoms with E-state index in [1.165, 1.54) is 4.90 Å². The van der Waals surface area contributed by atoms with Crippen molar-refractivity contribution in [2.24, 2.45) is 5.73 Å². The fourth-order valence-corrected chi connectivity index (χ4v) is 2.29. The number of aliphatic carboxylic acids is 1. The number of carboxylic acids is 1. The first kappa shape index (κ1) is 21.1. The fourth-order valence-electron chi connectivity index (χ4n) is 2.29. The number of hydrogen-bond donors (Lipinski definition) is 5. The number of hydrogen-bond acceptors (Lipinski definition) is 5. The summed E-state index contributed by atoms with van der Waals surface area (Å²) in [6.45, 7) is 0.312. The number of carbonyl (C=O) groups is 3. The van der Waals surface area contributed by atoms with Crippen LogP contribution in [0.2, 0.25) is 0 Å². The van der Waals surface area contributed by atoms with Crippen LogP contribution in [0, 0.1) is 5.41 Å². The molecule has 1 rings (SSSR count). The molecule has 0 heterocycles. The van der Waals surface area contributed by atoms with E-state index < -0.39 is 17.9 Å². The van der Waals surface area contributed by atoms with E-state index in [9.17, 15) is 19.5 Å². The van der Waals surface area contributed by atoms with Gasteiger partial charge in [0.05, 0.1) is 13.1 Å². The van der Waals surface area contributed by atoms with Gasteiger partial charge in [0, 0.05) is 12.1 Å². The maximum absolute atomic E-state index is 12.1. The summed E-state index contributed by atoms with van der Waals surface area (Å²) < 4.78 is 0. The molecule has 0 aliphatic heterocycles. The Labute approximate surface area is 152 Å². The third-order valence-electron chi connectivity index (χ3n) is 3.54. The van der Waals surface area contributed by atoms with E-state index in [-0.39, 0.29) is 31.3 Å². The molecule has 0 spiro atoms. The first-order chi connectivity index (χ1) is 12.3. The van der Waals surface area contributed by atoms with Crippen molar-refractivity contribution in [3.05, 3.63) is 35.9 Å². The average molecular weight is 363 g/mol. The highest BCUT2D eigenvalue weighted by Gasteiger charge is 2.20. The molecule has 1 aromatic carbocycles. The first-order valence-corrected chi connectivity index (χ1v) is 8.16. The maximum Gasteiger partial charge on any atom is 0.326 e. The number of carbonyl (C=O) groups excluding carboxylic acids is 2. The van der Waals surface area contributed by atoms with Crippen LogP contribution in [0.1, 0.15) is 23.2 Å². The fraction of sp³-hybridized carbons (Fsp3) is 0.412. The summed E-state index contributed by atoms with van der Waals surface area (Å²) >= 11 is 0. The summed E-state index contributed by atoms with van der Waals surface area (Å²) in [5.74, 6) is -1.92. The van der Waals surface area contributed by atoms with Crippen molar-refractivity contribution in [2.75, 3.05) is 26.7 Å². The summed E-state index contributed by atoms with van der Waals surface area (Å²) in [5, 5.41) is 21.2. The molecule has 6 N–H and O–H groups in total. The number of ketones is 1. The Morgan fingerprint density at radius 1 is 1.23 bits per heavy atom. The number of benzene rings is 1. The number of guanidine groups is 1. The number of likely N-dealkylation sites (N-methyl/N-ethyl adjacent to an activating group) is 1. The largest absolute Gasteiger partial charge is 0.480 e. The molecule has 0 saturated carbocycles. The van der Waals surface area contributed by atoms with Gasteiger partial charge in [-0.1, -0.05) is 30.3 Å². The molecule has 26 heavy (non-hydrogen) atoms. The Morgan fingerprint density at radius 2 is 1.88 bits per heavy atom. The zero-order chi connectivity index (χ0) is 19.5. The van der Waals surface area contributed by atoms with Gasteiger partial charge in [-0.25, -0.2) is 4.79 Å². The number of rotatable bonds is 11. The van der Waals surface area contributed by atoms with Gasteiger partial charge in [0.1, 0.15) is 6.04 Å². The van der Waals surface area contributed by atoms with Crippen LogP contribution < -0.4 is 16.4 Å². The van der Waals surface area contributed by atoms with Gasteiger partial charge < -0.3 is 21.5 Å². The number of nitrogens with one attached hydrogen (secondary N) is 3.